The van der Waals surface area contributed by atoms with E-state index in [9.17, 15) is 4.79 Å². The summed E-state index contributed by atoms with van der Waals surface area (Å²) in [7, 11) is 1.65. The molecule has 1 aliphatic heterocycles. The maximum Gasteiger partial charge on any atom is 0.224 e. The molecule has 1 amide bonds. The summed E-state index contributed by atoms with van der Waals surface area (Å²) in [6.45, 7) is 5.85. The Bertz CT molecular complexity index is 749. The lowest BCUT2D eigenvalue weighted by molar-refractivity contribution is -0.130. The van der Waals surface area contributed by atoms with E-state index < -0.39 is 0 Å². The molecular formula is C19H28Cl2N4O2. The highest BCUT2D eigenvalue weighted by Gasteiger charge is 2.33. The third kappa shape index (κ3) is 5.37. The monoisotopic (exact) mass is 414 g/mol. The van der Waals surface area contributed by atoms with Crippen molar-refractivity contribution in [2.75, 3.05) is 20.2 Å². The second-order valence-electron chi connectivity index (χ2n) is 6.74. The first-order valence-corrected chi connectivity index (χ1v) is 8.66. The fourth-order valence-electron chi connectivity index (χ4n) is 3.50. The molecule has 0 spiro atoms. The Hall–Kier alpha value is -1.76. The lowest BCUT2D eigenvalue weighted by atomic mass is 9.95. The van der Waals surface area contributed by atoms with Gasteiger partial charge in [0.15, 0.2) is 0 Å². The third-order valence-electron chi connectivity index (χ3n) is 4.90. The summed E-state index contributed by atoms with van der Waals surface area (Å²) in [5.74, 6) is 1.13. The van der Waals surface area contributed by atoms with Crippen LogP contribution in [0.5, 0.6) is 5.75 Å². The maximum absolute atomic E-state index is 12.6. The smallest absolute Gasteiger partial charge is 0.224 e. The third-order valence-corrected chi connectivity index (χ3v) is 4.90. The first kappa shape index (κ1) is 23.3. The van der Waals surface area contributed by atoms with Gasteiger partial charge in [0.2, 0.25) is 5.91 Å². The number of nitrogens with two attached hydrogens (primary N) is 1. The van der Waals surface area contributed by atoms with Crippen molar-refractivity contribution in [2.45, 2.75) is 38.8 Å². The second-order valence-corrected chi connectivity index (χ2v) is 6.74. The van der Waals surface area contributed by atoms with Crippen LogP contribution in [0.15, 0.2) is 30.3 Å². The minimum Gasteiger partial charge on any atom is -0.497 e. The van der Waals surface area contributed by atoms with Crippen LogP contribution < -0.4 is 10.5 Å². The van der Waals surface area contributed by atoms with Crippen molar-refractivity contribution in [3.63, 3.8) is 0 Å². The van der Waals surface area contributed by atoms with Gasteiger partial charge in [-0.25, -0.2) is 0 Å². The topological polar surface area (TPSA) is 73.4 Å². The Balaban J connectivity index is 0.00000182. The quantitative estimate of drug-likeness (QED) is 0.815. The minimum atomic E-state index is -0.0361. The zero-order valence-electron chi connectivity index (χ0n) is 15.9. The SMILES string of the molecule is COc1ccc([C@@H]2CN(C(=O)CCn3nc(C)cc3C)C[C@H]2N)cc1.Cl.Cl. The highest BCUT2D eigenvalue weighted by atomic mass is 35.5. The molecular weight excluding hydrogens is 387 g/mol. The highest BCUT2D eigenvalue weighted by molar-refractivity contribution is 5.85. The Morgan fingerprint density at radius 1 is 1.22 bits per heavy atom. The number of methoxy groups -OCH3 is 1. The Morgan fingerprint density at radius 2 is 1.89 bits per heavy atom. The number of aryl methyl sites for hydroxylation is 3. The van der Waals surface area contributed by atoms with Crippen LogP contribution >= 0.6 is 24.8 Å². The summed E-state index contributed by atoms with van der Waals surface area (Å²) in [6, 6.07) is 9.94. The summed E-state index contributed by atoms with van der Waals surface area (Å²) in [5.41, 5.74) is 9.52. The number of hydrogen-bond donors (Lipinski definition) is 1. The molecule has 2 aromatic rings. The fraction of sp³-hybridized carbons (Fsp3) is 0.474. The van der Waals surface area contributed by atoms with Crippen molar-refractivity contribution >= 4 is 30.7 Å². The number of likely N-dealkylation sites (tertiary alicyclic amines) is 1. The lowest BCUT2D eigenvalue weighted by Crippen LogP contribution is -2.32. The van der Waals surface area contributed by atoms with Gasteiger partial charge >= 0.3 is 0 Å². The number of rotatable bonds is 5. The predicted molar refractivity (Wildman–Crippen MR) is 111 cm³/mol. The summed E-state index contributed by atoms with van der Waals surface area (Å²) in [5, 5.41) is 4.41. The van der Waals surface area contributed by atoms with E-state index in [1.54, 1.807) is 7.11 Å². The first-order valence-electron chi connectivity index (χ1n) is 8.66. The Kier molecular flexibility index (Phi) is 8.59. The summed E-state index contributed by atoms with van der Waals surface area (Å²) in [6.07, 6.45) is 0.448. The van der Waals surface area contributed by atoms with Gasteiger partial charge in [0.05, 0.1) is 12.8 Å². The number of aromatic nitrogens is 2. The predicted octanol–water partition coefficient (Wildman–Crippen LogP) is 2.70. The molecule has 1 aromatic heterocycles. The molecule has 1 saturated heterocycles. The van der Waals surface area contributed by atoms with Crippen LogP contribution in [-0.2, 0) is 11.3 Å². The van der Waals surface area contributed by atoms with Gasteiger partial charge in [-0.2, -0.15) is 5.10 Å². The van der Waals surface area contributed by atoms with E-state index in [0.29, 0.717) is 26.1 Å². The molecule has 27 heavy (non-hydrogen) atoms. The number of hydrogen-bond acceptors (Lipinski definition) is 4. The van der Waals surface area contributed by atoms with Crippen molar-refractivity contribution in [3.8, 4) is 5.75 Å². The van der Waals surface area contributed by atoms with Crippen LogP contribution in [0.25, 0.3) is 0 Å². The van der Waals surface area contributed by atoms with Crippen molar-refractivity contribution in [1.29, 1.82) is 0 Å². The molecule has 0 unspecified atom stereocenters. The van der Waals surface area contributed by atoms with Crippen LogP contribution in [0.4, 0.5) is 0 Å². The number of amides is 1. The number of halogens is 2. The average molecular weight is 415 g/mol. The zero-order valence-corrected chi connectivity index (χ0v) is 17.6. The van der Waals surface area contributed by atoms with Crippen molar-refractivity contribution in [2.24, 2.45) is 5.73 Å². The molecule has 1 aromatic carbocycles. The fourth-order valence-corrected chi connectivity index (χ4v) is 3.50. The van der Waals surface area contributed by atoms with Crippen LogP contribution in [-0.4, -0.2) is 46.8 Å². The van der Waals surface area contributed by atoms with E-state index in [1.165, 1.54) is 0 Å². The van der Waals surface area contributed by atoms with E-state index in [-0.39, 0.29) is 42.7 Å². The van der Waals surface area contributed by atoms with E-state index >= 15 is 0 Å². The molecule has 1 fully saturated rings. The van der Waals surface area contributed by atoms with Crippen LogP contribution in [0.1, 0.15) is 29.3 Å². The van der Waals surface area contributed by atoms with Gasteiger partial charge in [-0.1, -0.05) is 12.1 Å². The summed E-state index contributed by atoms with van der Waals surface area (Å²) >= 11 is 0. The number of carbonyl (C=O) groups is 1. The van der Waals surface area contributed by atoms with E-state index in [4.69, 9.17) is 10.5 Å². The minimum absolute atomic E-state index is 0. The van der Waals surface area contributed by atoms with E-state index in [1.807, 2.05) is 53.8 Å². The van der Waals surface area contributed by atoms with Gasteiger partial charge in [-0.05, 0) is 37.6 Å². The molecule has 1 aliphatic rings. The molecule has 6 nitrogen and oxygen atoms in total. The van der Waals surface area contributed by atoms with Crippen molar-refractivity contribution in [3.05, 3.63) is 47.3 Å². The lowest BCUT2D eigenvalue weighted by Gasteiger charge is -2.17. The number of carbonyl (C=O) groups excluding carboxylic acids is 1. The van der Waals surface area contributed by atoms with Gasteiger partial charge in [-0.15, -0.1) is 24.8 Å². The Morgan fingerprint density at radius 3 is 2.44 bits per heavy atom. The number of nitrogens with zero attached hydrogens (tertiary/aromatic N) is 3. The molecule has 0 saturated carbocycles. The molecule has 150 valence electrons. The van der Waals surface area contributed by atoms with E-state index in [0.717, 1.165) is 22.7 Å². The maximum atomic E-state index is 12.6. The standard InChI is InChI=1S/C19H26N4O2.2ClH/c1-13-10-14(2)23(21-13)9-8-19(24)22-11-17(18(20)12-22)15-4-6-16(25-3)7-5-15;;/h4-7,10,17-18H,8-9,11-12,20H2,1-3H3;2*1H/t17-,18+;;/m0../s1. The molecule has 2 atom stereocenters. The molecule has 0 aliphatic carbocycles. The van der Waals surface area contributed by atoms with Crippen molar-refractivity contribution < 1.29 is 9.53 Å². The van der Waals surface area contributed by atoms with Gasteiger partial charge < -0.3 is 15.4 Å². The van der Waals surface area contributed by atoms with Gasteiger partial charge in [0.1, 0.15) is 5.75 Å². The van der Waals surface area contributed by atoms with Gasteiger partial charge in [0.25, 0.3) is 0 Å². The molecule has 8 heteroatoms. The van der Waals surface area contributed by atoms with Crippen LogP contribution in [0.2, 0.25) is 0 Å². The van der Waals surface area contributed by atoms with Crippen molar-refractivity contribution in [1.82, 2.24) is 14.7 Å². The van der Waals surface area contributed by atoms with E-state index in [2.05, 4.69) is 5.10 Å². The zero-order chi connectivity index (χ0) is 18.0. The molecule has 0 radical (unpaired) electrons. The molecule has 2 heterocycles. The molecule has 0 bridgehead atoms. The van der Waals surface area contributed by atoms with Gasteiger partial charge in [-0.3, -0.25) is 9.48 Å². The summed E-state index contributed by atoms with van der Waals surface area (Å²) < 4.78 is 7.09. The van der Waals surface area contributed by atoms with Crippen LogP contribution in [0.3, 0.4) is 0 Å². The van der Waals surface area contributed by atoms with Gasteiger partial charge in [0, 0.05) is 43.7 Å². The van der Waals surface area contributed by atoms with Crippen LogP contribution in [0, 0.1) is 13.8 Å². The normalized spacial score (nSPS) is 18.6. The Labute approximate surface area is 172 Å². The highest BCUT2D eigenvalue weighted by Crippen LogP contribution is 2.28. The average Bonchev–Trinajstić information content (AvgIpc) is 3.14. The molecule has 3 rings (SSSR count). The number of ether oxygens (including phenoxy) is 1. The largest absolute Gasteiger partial charge is 0.497 e. The summed E-state index contributed by atoms with van der Waals surface area (Å²) in [4.78, 5) is 14.4. The number of benzene rings is 1. The second kappa shape index (κ2) is 9.97. The first-order chi connectivity index (χ1) is 12.0. The molecule has 2 N–H and O–H groups in total.